The molecule has 1 heterocycles. The molecule has 3 aromatic rings. The van der Waals surface area contributed by atoms with E-state index in [4.69, 9.17) is 0 Å². The third-order valence-corrected chi connectivity index (χ3v) is 4.14. The zero-order chi connectivity index (χ0) is 18.0. The van der Waals surface area contributed by atoms with Gasteiger partial charge in [-0.15, -0.1) is 0 Å². The van der Waals surface area contributed by atoms with Gasteiger partial charge in [-0.3, -0.25) is 9.59 Å². The molecule has 0 fully saturated rings. The fourth-order valence-electron chi connectivity index (χ4n) is 2.75. The molecule has 0 spiro atoms. The number of nitrogens with one attached hydrogen (secondary N) is 1. The van der Waals surface area contributed by atoms with Gasteiger partial charge < -0.3 is 15.0 Å². The Balaban J connectivity index is 1.95. The Morgan fingerprint density at radius 2 is 1.88 bits per heavy atom. The minimum Gasteiger partial charge on any atom is -0.394 e. The van der Waals surface area contributed by atoms with Crippen LogP contribution in [-0.4, -0.2) is 22.2 Å². The van der Waals surface area contributed by atoms with Crippen molar-refractivity contribution in [3.8, 4) is 0 Å². The average molecular weight is 340 g/mol. The summed E-state index contributed by atoms with van der Waals surface area (Å²) >= 11 is 0. The summed E-state index contributed by atoms with van der Waals surface area (Å²) in [5.74, 6) is -0.995. The van der Waals surface area contributed by atoms with E-state index < -0.39 is 23.3 Å². The highest BCUT2D eigenvalue weighted by Crippen LogP contribution is 2.16. The minimum absolute atomic E-state index is 0.0123. The van der Waals surface area contributed by atoms with Crippen molar-refractivity contribution >= 4 is 16.8 Å². The van der Waals surface area contributed by atoms with Crippen LogP contribution < -0.4 is 10.9 Å². The van der Waals surface area contributed by atoms with Crippen molar-refractivity contribution in [2.75, 3.05) is 6.61 Å². The molecule has 0 saturated heterocycles. The summed E-state index contributed by atoms with van der Waals surface area (Å²) < 4.78 is 14.4. The number of fused-ring (bicyclic) bond motifs is 1. The van der Waals surface area contributed by atoms with Gasteiger partial charge in [-0.05, 0) is 35.2 Å². The van der Waals surface area contributed by atoms with Gasteiger partial charge in [-0.2, -0.15) is 0 Å². The van der Waals surface area contributed by atoms with E-state index in [1.54, 1.807) is 13.1 Å². The van der Waals surface area contributed by atoms with E-state index in [2.05, 4.69) is 5.32 Å². The van der Waals surface area contributed by atoms with Crippen molar-refractivity contribution in [3.05, 3.63) is 81.9 Å². The molecule has 0 saturated carbocycles. The fraction of sp³-hybridized carbons (Fsp3) is 0.158. The van der Waals surface area contributed by atoms with Gasteiger partial charge in [0, 0.05) is 7.05 Å². The van der Waals surface area contributed by atoms with Gasteiger partial charge in [0.2, 0.25) is 0 Å². The Morgan fingerprint density at radius 1 is 1.20 bits per heavy atom. The van der Waals surface area contributed by atoms with E-state index in [9.17, 15) is 19.1 Å². The minimum atomic E-state index is -0.732. The molecule has 0 unspecified atom stereocenters. The zero-order valence-corrected chi connectivity index (χ0v) is 13.6. The molecule has 3 rings (SSSR count). The highest BCUT2D eigenvalue weighted by molar-refractivity contribution is 5.97. The van der Waals surface area contributed by atoms with Crippen LogP contribution in [0.2, 0.25) is 0 Å². The molecule has 6 heteroatoms. The summed E-state index contributed by atoms with van der Waals surface area (Å²) in [5, 5.41) is 12.9. The summed E-state index contributed by atoms with van der Waals surface area (Å²) in [5.41, 5.74) is 0.838. The first-order valence-electron chi connectivity index (χ1n) is 7.77. The van der Waals surface area contributed by atoms with Gasteiger partial charge in [0.15, 0.2) is 0 Å². The summed E-state index contributed by atoms with van der Waals surface area (Å²) in [6.45, 7) is -0.370. The normalized spacial score (nSPS) is 12.1. The van der Waals surface area contributed by atoms with Crippen LogP contribution in [0.15, 0.2) is 59.4 Å². The number of pyridine rings is 1. The van der Waals surface area contributed by atoms with Gasteiger partial charge in [-0.1, -0.05) is 30.3 Å². The summed E-state index contributed by atoms with van der Waals surface area (Å²) in [7, 11) is 1.60. The van der Waals surface area contributed by atoms with Crippen LogP contribution >= 0.6 is 0 Å². The molecule has 1 aromatic heterocycles. The van der Waals surface area contributed by atoms with E-state index in [1.807, 2.05) is 18.2 Å². The van der Waals surface area contributed by atoms with Crippen molar-refractivity contribution < 1.29 is 14.3 Å². The van der Waals surface area contributed by atoms with Crippen LogP contribution in [0.3, 0.4) is 0 Å². The van der Waals surface area contributed by atoms with Crippen molar-refractivity contribution in [2.45, 2.75) is 6.04 Å². The van der Waals surface area contributed by atoms with Crippen molar-refractivity contribution in [1.29, 1.82) is 0 Å². The number of aryl methyl sites for hydroxylation is 1. The van der Waals surface area contributed by atoms with Gasteiger partial charge in [0.1, 0.15) is 11.4 Å². The number of benzene rings is 2. The molecular weight excluding hydrogens is 323 g/mol. The molecule has 0 radical (unpaired) electrons. The van der Waals surface area contributed by atoms with Gasteiger partial charge in [0.25, 0.3) is 11.5 Å². The van der Waals surface area contributed by atoms with Crippen molar-refractivity contribution in [3.63, 3.8) is 0 Å². The molecule has 0 aliphatic carbocycles. The molecular formula is C19H17FN2O3. The molecule has 0 aliphatic heterocycles. The lowest BCUT2D eigenvalue weighted by Crippen LogP contribution is -2.36. The predicted molar refractivity (Wildman–Crippen MR) is 92.9 cm³/mol. The molecule has 0 bridgehead atoms. The second-order valence-corrected chi connectivity index (χ2v) is 5.74. The Kier molecular flexibility index (Phi) is 4.63. The largest absolute Gasteiger partial charge is 0.394 e. The van der Waals surface area contributed by atoms with Crippen LogP contribution in [0.4, 0.5) is 4.39 Å². The Morgan fingerprint density at radius 3 is 2.56 bits per heavy atom. The summed E-state index contributed by atoms with van der Waals surface area (Å²) in [6.07, 6.45) is 0. The lowest BCUT2D eigenvalue weighted by Gasteiger charge is -2.17. The van der Waals surface area contributed by atoms with Crippen LogP contribution in [-0.2, 0) is 7.05 Å². The average Bonchev–Trinajstić information content (AvgIpc) is 2.63. The number of halogens is 1. The van der Waals surface area contributed by atoms with Gasteiger partial charge in [-0.25, -0.2) is 4.39 Å². The molecule has 25 heavy (non-hydrogen) atoms. The lowest BCUT2D eigenvalue weighted by molar-refractivity contribution is 0.0914. The molecule has 2 N–H and O–H groups in total. The maximum atomic E-state index is 13.0. The number of amides is 1. The maximum Gasteiger partial charge on any atom is 0.263 e. The summed E-state index contributed by atoms with van der Waals surface area (Å²) in [4.78, 5) is 25.0. The standard InChI is InChI=1S/C19H17FN2O3/c1-22-17-5-3-2-4-13(17)10-15(19(22)25)18(24)21-16(11-23)12-6-8-14(20)9-7-12/h2-10,16,23H,11H2,1H3,(H,21,24)/t16-/m1/s1. The van der Waals surface area contributed by atoms with Crippen LogP contribution in [0, 0.1) is 5.82 Å². The van der Waals surface area contributed by atoms with Gasteiger partial charge >= 0.3 is 0 Å². The number of aromatic nitrogens is 1. The lowest BCUT2D eigenvalue weighted by atomic mass is 10.1. The van der Waals surface area contributed by atoms with Crippen molar-refractivity contribution in [1.82, 2.24) is 9.88 Å². The Labute approximate surface area is 143 Å². The van der Waals surface area contributed by atoms with Crippen molar-refractivity contribution in [2.24, 2.45) is 7.05 Å². The molecule has 1 atom stereocenters. The third-order valence-electron chi connectivity index (χ3n) is 4.14. The fourth-order valence-corrected chi connectivity index (χ4v) is 2.75. The van der Waals surface area contributed by atoms with E-state index >= 15 is 0 Å². The first-order valence-corrected chi connectivity index (χ1v) is 7.77. The van der Waals surface area contributed by atoms with E-state index in [0.29, 0.717) is 5.56 Å². The molecule has 0 aliphatic rings. The Bertz CT molecular complexity index is 980. The van der Waals surface area contributed by atoms with Crippen LogP contribution in [0.25, 0.3) is 10.9 Å². The predicted octanol–water partition coefficient (Wildman–Crippen LogP) is 2.14. The maximum absolute atomic E-state index is 13.0. The second kappa shape index (κ2) is 6.86. The highest BCUT2D eigenvalue weighted by Gasteiger charge is 2.19. The first kappa shape index (κ1) is 16.9. The SMILES string of the molecule is Cn1c(=O)c(C(=O)N[C@H](CO)c2ccc(F)cc2)cc2ccccc21. The van der Waals surface area contributed by atoms with Crippen LogP contribution in [0.5, 0.6) is 0 Å². The zero-order valence-electron chi connectivity index (χ0n) is 13.6. The summed E-state index contributed by atoms with van der Waals surface area (Å²) in [6, 6.07) is 13.5. The van der Waals surface area contributed by atoms with Gasteiger partial charge in [0.05, 0.1) is 18.2 Å². The smallest absolute Gasteiger partial charge is 0.263 e. The highest BCUT2D eigenvalue weighted by atomic mass is 19.1. The molecule has 1 amide bonds. The van der Waals surface area contributed by atoms with E-state index in [-0.39, 0.29) is 12.2 Å². The second-order valence-electron chi connectivity index (χ2n) is 5.74. The number of carbonyl (C=O) groups excluding carboxylic acids is 1. The molecule has 5 nitrogen and oxygen atoms in total. The molecule has 2 aromatic carbocycles. The topological polar surface area (TPSA) is 71.3 Å². The molecule has 128 valence electrons. The number of aliphatic hydroxyl groups excluding tert-OH is 1. The number of carbonyl (C=O) groups is 1. The number of para-hydroxylation sites is 1. The van der Waals surface area contributed by atoms with E-state index in [0.717, 1.165) is 10.9 Å². The number of hydrogen-bond donors (Lipinski definition) is 2. The quantitative estimate of drug-likeness (QED) is 0.764. The Hall–Kier alpha value is -2.99. The third kappa shape index (κ3) is 3.29. The number of nitrogens with zero attached hydrogens (tertiary/aromatic N) is 1. The van der Waals surface area contributed by atoms with Crippen LogP contribution in [0.1, 0.15) is 22.0 Å². The number of rotatable bonds is 4. The monoisotopic (exact) mass is 340 g/mol. The first-order chi connectivity index (χ1) is 12.0. The number of aliphatic hydroxyl groups is 1. The van der Waals surface area contributed by atoms with E-state index in [1.165, 1.54) is 34.9 Å². The number of hydrogen-bond acceptors (Lipinski definition) is 3.